The number of nitrogens with zero attached hydrogens (tertiary/aromatic N) is 2. The van der Waals surface area contributed by atoms with Crippen molar-refractivity contribution in [2.45, 2.75) is 38.6 Å². The van der Waals surface area contributed by atoms with Crippen LogP contribution in [-0.4, -0.2) is 28.6 Å². The summed E-state index contributed by atoms with van der Waals surface area (Å²) in [6.45, 7) is 2.31. The van der Waals surface area contributed by atoms with Crippen molar-refractivity contribution in [3.8, 4) is 0 Å². The lowest BCUT2D eigenvalue weighted by Crippen LogP contribution is -2.30. The van der Waals surface area contributed by atoms with Crippen LogP contribution in [0.4, 0.5) is 5.95 Å². The highest BCUT2D eigenvalue weighted by molar-refractivity contribution is 5.72. The molecule has 0 saturated heterocycles. The second kappa shape index (κ2) is 6.33. The van der Waals surface area contributed by atoms with Gasteiger partial charge < -0.3 is 10.1 Å². The Balaban J connectivity index is 1.78. The minimum absolute atomic E-state index is 0.0492. The van der Waals surface area contributed by atoms with Gasteiger partial charge in [-0.05, 0) is 38.7 Å². The van der Waals surface area contributed by atoms with Crippen LogP contribution in [0.15, 0.2) is 18.5 Å². The molecule has 1 fully saturated rings. The molecule has 1 aromatic rings. The quantitative estimate of drug-likeness (QED) is 0.827. The summed E-state index contributed by atoms with van der Waals surface area (Å²) in [4.78, 5) is 19.9. The van der Waals surface area contributed by atoms with Crippen LogP contribution in [0.3, 0.4) is 0 Å². The molecule has 1 aliphatic carbocycles. The van der Waals surface area contributed by atoms with E-state index < -0.39 is 0 Å². The lowest BCUT2D eigenvalue weighted by Gasteiger charge is -2.27. The SMILES string of the molecule is CCOC(=O)C1CCC(Nc2ncccn2)CC1. The van der Waals surface area contributed by atoms with Gasteiger partial charge in [-0.25, -0.2) is 9.97 Å². The predicted molar refractivity (Wildman–Crippen MR) is 68.0 cm³/mol. The van der Waals surface area contributed by atoms with Gasteiger partial charge in [0.15, 0.2) is 0 Å². The maximum Gasteiger partial charge on any atom is 0.308 e. The molecule has 1 N–H and O–H groups in total. The Hall–Kier alpha value is -1.65. The molecule has 0 radical (unpaired) electrons. The molecule has 18 heavy (non-hydrogen) atoms. The fraction of sp³-hybridized carbons (Fsp3) is 0.615. The Labute approximate surface area is 107 Å². The highest BCUT2D eigenvalue weighted by atomic mass is 16.5. The molecule has 0 unspecified atom stereocenters. The van der Waals surface area contributed by atoms with Crippen LogP contribution in [0.1, 0.15) is 32.6 Å². The molecule has 1 aromatic heterocycles. The molecule has 0 aromatic carbocycles. The minimum Gasteiger partial charge on any atom is -0.466 e. The zero-order valence-electron chi connectivity index (χ0n) is 10.6. The molecule has 98 valence electrons. The van der Waals surface area contributed by atoms with Crippen LogP contribution in [-0.2, 0) is 9.53 Å². The molecule has 0 amide bonds. The Morgan fingerprint density at radius 3 is 2.61 bits per heavy atom. The van der Waals surface area contributed by atoms with E-state index in [9.17, 15) is 4.79 Å². The van der Waals surface area contributed by atoms with Crippen molar-refractivity contribution in [3.05, 3.63) is 18.5 Å². The molecule has 1 heterocycles. The van der Waals surface area contributed by atoms with Crippen molar-refractivity contribution in [1.82, 2.24) is 9.97 Å². The zero-order chi connectivity index (χ0) is 12.8. The number of hydrogen-bond donors (Lipinski definition) is 1. The number of carbonyl (C=O) groups excluding carboxylic acids is 1. The molecular weight excluding hydrogens is 230 g/mol. The van der Waals surface area contributed by atoms with Gasteiger partial charge in [0.25, 0.3) is 0 Å². The van der Waals surface area contributed by atoms with Gasteiger partial charge in [-0.3, -0.25) is 4.79 Å². The van der Waals surface area contributed by atoms with Crippen molar-refractivity contribution in [3.63, 3.8) is 0 Å². The van der Waals surface area contributed by atoms with Crippen molar-refractivity contribution >= 4 is 11.9 Å². The first-order chi connectivity index (χ1) is 8.79. The van der Waals surface area contributed by atoms with Crippen molar-refractivity contribution in [2.75, 3.05) is 11.9 Å². The summed E-state index contributed by atoms with van der Waals surface area (Å²) < 4.78 is 5.05. The predicted octanol–water partition coefficient (Wildman–Crippen LogP) is 2.01. The van der Waals surface area contributed by atoms with E-state index in [-0.39, 0.29) is 11.9 Å². The van der Waals surface area contributed by atoms with E-state index >= 15 is 0 Å². The van der Waals surface area contributed by atoms with Crippen molar-refractivity contribution in [1.29, 1.82) is 0 Å². The van der Waals surface area contributed by atoms with E-state index in [0.29, 0.717) is 18.6 Å². The summed E-state index contributed by atoms with van der Waals surface area (Å²) >= 11 is 0. The Kier molecular flexibility index (Phi) is 4.50. The summed E-state index contributed by atoms with van der Waals surface area (Å²) in [5.74, 6) is 0.684. The van der Waals surface area contributed by atoms with Crippen LogP contribution >= 0.6 is 0 Å². The second-order valence-electron chi connectivity index (χ2n) is 4.52. The summed E-state index contributed by atoms with van der Waals surface area (Å²) in [6, 6.07) is 2.15. The topological polar surface area (TPSA) is 64.1 Å². The van der Waals surface area contributed by atoms with Crippen LogP contribution in [0.2, 0.25) is 0 Å². The molecular formula is C13H19N3O2. The van der Waals surface area contributed by atoms with Gasteiger partial charge in [0, 0.05) is 18.4 Å². The smallest absolute Gasteiger partial charge is 0.308 e. The number of nitrogens with one attached hydrogen (secondary N) is 1. The van der Waals surface area contributed by atoms with Gasteiger partial charge in [0.2, 0.25) is 5.95 Å². The summed E-state index contributed by atoms with van der Waals surface area (Å²) in [6.07, 6.45) is 7.12. The first kappa shape index (κ1) is 12.8. The van der Waals surface area contributed by atoms with E-state index in [1.165, 1.54) is 0 Å². The van der Waals surface area contributed by atoms with E-state index in [1.54, 1.807) is 18.5 Å². The molecule has 0 bridgehead atoms. The molecule has 5 heteroatoms. The lowest BCUT2D eigenvalue weighted by atomic mass is 9.86. The largest absolute Gasteiger partial charge is 0.466 e. The van der Waals surface area contributed by atoms with Gasteiger partial charge in [0.1, 0.15) is 0 Å². The van der Waals surface area contributed by atoms with Gasteiger partial charge in [0.05, 0.1) is 12.5 Å². The third-order valence-electron chi connectivity index (χ3n) is 3.25. The number of esters is 1. The summed E-state index contributed by atoms with van der Waals surface area (Å²) in [5, 5.41) is 3.30. The van der Waals surface area contributed by atoms with Crippen LogP contribution < -0.4 is 5.32 Å². The molecule has 0 aliphatic heterocycles. The van der Waals surface area contributed by atoms with Crippen molar-refractivity contribution < 1.29 is 9.53 Å². The van der Waals surface area contributed by atoms with E-state index in [4.69, 9.17) is 4.74 Å². The second-order valence-corrected chi connectivity index (χ2v) is 4.52. The summed E-state index contributed by atoms with van der Waals surface area (Å²) in [7, 11) is 0. The fourth-order valence-corrected chi connectivity index (χ4v) is 2.29. The Bertz CT molecular complexity index is 375. The average Bonchev–Trinajstić information content (AvgIpc) is 2.41. The number of carbonyl (C=O) groups is 1. The monoisotopic (exact) mass is 249 g/mol. The molecule has 1 saturated carbocycles. The van der Waals surface area contributed by atoms with Gasteiger partial charge in [-0.2, -0.15) is 0 Å². The summed E-state index contributed by atoms with van der Waals surface area (Å²) in [5.41, 5.74) is 0. The minimum atomic E-state index is -0.0492. The van der Waals surface area contributed by atoms with Gasteiger partial charge in [-0.15, -0.1) is 0 Å². The van der Waals surface area contributed by atoms with Crippen LogP contribution in [0, 0.1) is 5.92 Å². The third kappa shape index (κ3) is 3.42. The van der Waals surface area contributed by atoms with E-state index in [0.717, 1.165) is 25.7 Å². The maximum absolute atomic E-state index is 11.6. The maximum atomic E-state index is 11.6. The van der Waals surface area contributed by atoms with E-state index in [2.05, 4.69) is 15.3 Å². The van der Waals surface area contributed by atoms with Crippen LogP contribution in [0.25, 0.3) is 0 Å². The number of aromatic nitrogens is 2. The van der Waals surface area contributed by atoms with Crippen molar-refractivity contribution in [2.24, 2.45) is 5.92 Å². The average molecular weight is 249 g/mol. The van der Waals surface area contributed by atoms with E-state index in [1.807, 2.05) is 6.92 Å². The third-order valence-corrected chi connectivity index (χ3v) is 3.25. The number of hydrogen-bond acceptors (Lipinski definition) is 5. The highest BCUT2D eigenvalue weighted by Gasteiger charge is 2.27. The molecule has 0 atom stereocenters. The number of rotatable bonds is 4. The number of anilines is 1. The van der Waals surface area contributed by atoms with Gasteiger partial charge >= 0.3 is 5.97 Å². The molecule has 5 nitrogen and oxygen atoms in total. The highest BCUT2D eigenvalue weighted by Crippen LogP contribution is 2.26. The molecule has 2 rings (SSSR count). The first-order valence-electron chi connectivity index (χ1n) is 6.49. The Morgan fingerprint density at radius 1 is 1.33 bits per heavy atom. The van der Waals surface area contributed by atoms with Gasteiger partial charge in [-0.1, -0.05) is 0 Å². The van der Waals surface area contributed by atoms with Crippen LogP contribution in [0.5, 0.6) is 0 Å². The normalized spacial score (nSPS) is 23.4. The first-order valence-corrected chi connectivity index (χ1v) is 6.49. The fourth-order valence-electron chi connectivity index (χ4n) is 2.29. The lowest BCUT2D eigenvalue weighted by molar-refractivity contribution is -0.149. The Morgan fingerprint density at radius 2 is 2.00 bits per heavy atom. The number of ether oxygens (including phenoxy) is 1. The molecule has 0 spiro atoms. The standard InChI is InChI=1S/C13H19N3O2/c1-2-18-12(17)10-4-6-11(7-5-10)16-13-14-8-3-9-15-13/h3,8-11H,2,4-7H2,1H3,(H,14,15,16). The zero-order valence-corrected chi connectivity index (χ0v) is 10.6. The molecule has 1 aliphatic rings.